The lowest BCUT2D eigenvalue weighted by molar-refractivity contribution is 0.521. The summed E-state index contributed by atoms with van der Waals surface area (Å²) in [6.45, 7) is 0. The molecule has 18 heavy (non-hydrogen) atoms. The second-order valence-electron chi connectivity index (χ2n) is 4.85. The Morgan fingerprint density at radius 3 is 2.28 bits per heavy atom. The van der Waals surface area contributed by atoms with Crippen LogP contribution in [0.2, 0.25) is 0 Å². The minimum atomic E-state index is -3.41. The van der Waals surface area contributed by atoms with Crippen LogP contribution in [-0.2, 0) is 10.0 Å². The fourth-order valence-electron chi connectivity index (χ4n) is 1.88. The van der Waals surface area contributed by atoms with Crippen LogP contribution in [0.25, 0.3) is 0 Å². The molecule has 0 radical (unpaired) electrons. The molecule has 0 amide bonds. The predicted octanol–water partition coefficient (Wildman–Crippen LogP) is 1.12. The molecule has 0 spiro atoms. The van der Waals surface area contributed by atoms with Crippen molar-refractivity contribution < 1.29 is 8.42 Å². The first kappa shape index (κ1) is 13.2. The number of benzene rings is 1. The maximum atomic E-state index is 12.0. The molecule has 0 heterocycles. The zero-order valence-electron chi connectivity index (χ0n) is 10.9. The van der Waals surface area contributed by atoms with Crippen LogP contribution < -0.4 is 10.6 Å². The fraction of sp³-hybridized carbons (Fsp3) is 0.500. The molecular weight excluding hydrogens is 250 g/mol. The first-order chi connectivity index (χ1) is 8.34. The number of nitrogen functional groups attached to an aromatic ring is 1. The Kier molecular flexibility index (Phi) is 3.25. The Morgan fingerprint density at radius 2 is 1.83 bits per heavy atom. The molecule has 0 unspecified atom stereocenters. The first-order valence-corrected chi connectivity index (χ1v) is 7.33. The Labute approximate surface area is 108 Å². The fourth-order valence-corrected chi connectivity index (χ4v) is 2.82. The lowest BCUT2D eigenvalue weighted by Crippen LogP contribution is -2.23. The number of nitrogens with zero attached hydrogens (tertiary/aromatic N) is 2. The predicted molar refractivity (Wildman–Crippen MR) is 73.2 cm³/mol. The molecule has 100 valence electrons. The molecule has 0 saturated heterocycles. The number of rotatable bonds is 4. The zero-order valence-corrected chi connectivity index (χ0v) is 11.7. The van der Waals surface area contributed by atoms with Crippen LogP contribution in [-0.4, -0.2) is 39.9 Å². The van der Waals surface area contributed by atoms with Crippen molar-refractivity contribution in [2.75, 3.05) is 31.8 Å². The molecule has 6 heteroatoms. The van der Waals surface area contributed by atoms with E-state index in [0.29, 0.717) is 11.7 Å². The van der Waals surface area contributed by atoms with Gasteiger partial charge in [-0.1, -0.05) is 0 Å². The van der Waals surface area contributed by atoms with E-state index in [4.69, 9.17) is 5.73 Å². The lowest BCUT2D eigenvalue weighted by Gasteiger charge is -2.21. The van der Waals surface area contributed by atoms with E-state index in [1.165, 1.54) is 37.3 Å². The average Bonchev–Trinajstić information content (AvgIpc) is 3.11. The minimum absolute atomic E-state index is 0.234. The van der Waals surface area contributed by atoms with Gasteiger partial charge in [-0.25, -0.2) is 12.7 Å². The molecule has 2 N–H and O–H groups in total. The third-order valence-corrected chi connectivity index (χ3v) is 5.06. The Bertz CT molecular complexity index is 550. The summed E-state index contributed by atoms with van der Waals surface area (Å²) < 4.78 is 25.1. The topological polar surface area (TPSA) is 66.6 Å². The van der Waals surface area contributed by atoms with Crippen LogP contribution >= 0.6 is 0 Å². The third-order valence-electron chi connectivity index (χ3n) is 3.25. The Hall–Kier alpha value is -1.27. The van der Waals surface area contributed by atoms with Gasteiger partial charge in [-0.3, -0.25) is 0 Å². The van der Waals surface area contributed by atoms with E-state index in [-0.39, 0.29) is 4.90 Å². The van der Waals surface area contributed by atoms with E-state index in [2.05, 4.69) is 4.90 Å². The van der Waals surface area contributed by atoms with Crippen molar-refractivity contribution >= 4 is 21.4 Å². The molecule has 1 aromatic rings. The third kappa shape index (κ3) is 2.30. The second kappa shape index (κ2) is 4.44. The Morgan fingerprint density at radius 1 is 1.22 bits per heavy atom. The normalized spacial score (nSPS) is 16.0. The highest BCUT2D eigenvalue weighted by Gasteiger charge is 2.28. The van der Waals surface area contributed by atoms with Crippen LogP contribution in [0.5, 0.6) is 0 Å². The van der Waals surface area contributed by atoms with Crippen molar-refractivity contribution in [1.82, 2.24) is 4.31 Å². The van der Waals surface area contributed by atoms with Gasteiger partial charge in [-0.2, -0.15) is 0 Å². The highest BCUT2D eigenvalue weighted by molar-refractivity contribution is 7.89. The van der Waals surface area contributed by atoms with Crippen LogP contribution in [0.15, 0.2) is 23.1 Å². The van der Waals surface area contributed by atoms with Crippen LogP contribution in [0.1, 0.15) is 12.8 Å². The number of hydrogen-bond acceptors (Lipinski definition) is 4. The van der Waals surface area contributed by atoms with E-state index < -0.39 is 10.0 Å². The maximum absolute atomic E-state index is 12.0. The Balaban J connectivity index is 2.36. The van der Waals surface area contributed by atoms with Crippen molar-refractivity contribution in [2.24, 2.45) is 0 Å². The summed E-state index contributed by atoms with van der Waals surface area (Å²) in [4.78, 5) is 2.35. The standard InChI is InChI=1S/C12H19N3O2S/c1-14(2)18(16,17)10-6-7-12(11(13)8-10)15(3)9-4-5-9/h6-9H,4-5,13H2,1-3H3. The molecular formula is C12H19N3O2S. The number of nitrogens with two attached hydrogens (primary N) is 1. The molecule has 5 nitrogen and oxygen atoms in total. The summed E-state index contributed by atoms with van der Waals surface area (Å²) in [6, 6.07) is 5.47. The van der Waals surface area contributed by atoms with Gasteiger partial charge in [-0.15, -0.1) is 0 Å². The molecule has 0 atom stereocenters. The van der Waals surface area contributed by atoms with E-state index in [0.717, 1.165) is 5.69 Å². The quantitative estimate of drug-likeness (QED) is 0.832. The van der Waals surface area contributed by atoms with Crippen LogP contribution in [0.3, 0.4) is 0 Å². The van der Waals surface area contributed by atoms with Gasteiger partial charge >= 0.3 is 0 Å². The summed E-state index contributed by atoms with van der Waals surface area (Å²) in [5.41, 5.74) is 7.37. The molecule has 1 aliphatic carbocycles. The van der Waals surface area contributed by atoms with Crippen LogP contribution in [0, 0.1) is 0 Å². The molecule has 1 saturated carbocycles. The second-order valence-corrected chi connectivity index (χ2v) is 7.00. The van der Waals surface area contributed by atoms with Crippen molar-refractivity contribution in [3.05, 3.63) is 18.2 Å². The SMILES string of the molecule is CN(c1ccc(S(=O)(=O)N(C)C)cc1N)C1CC1. The highest BCUT2D eigenvalue weighted by Crippen LogP contribution is 2.34. The average molecular weight is 269 g/mol. The largest absolute Gasteiger partial charge is 0.397 e. The number of anilines is 2. The van der Waals surface area contributed by atoms with Gasteiger partial charge in [0.15, 0.2) is 0 Å². The highest BCUT2D eigenvalue weighted by atomic mass is 32.2. The molecule has 0 aromatic heterocycles. The number of sulfonamides is 1. The van der Waals surface area contributed by atoms with E-state index in [1.54, 1.807) is 12.1 Å². The zero-order chi connectivity index (χ0) is 13.5. The molecule has 0 aliphatic heterocycles. The summed E-state index contributed by atoms with van der Waals surface area (Å²) in [6.07, 6.45) is 2.35. The minimum Gasteiger partial charge on any atom is -0.397 e. The van der Waals surface area contributed by atoms with Gasteiger partial charge in [-0.05, 0) is 31.0 Å². The number of hydrogen-bond donors (Lipinski definition) is 1. The maximum Gasteiger partial charge on any atom is 0.242 e. The summed E-state index contributed by atoms with van der Waals surface area (Å²) in [5.74, 6) is 0. The van der Waals surface area contributed by atoms with Crippen LogP contribution in [0.4, 0.5) is 11.4 Å². The smallest absolute Gasteiger partial charge is 0.242 e. The van der Waals surface area contributed by atoms with Crippen molar-refractivity contribution in [1.29, 1.82) is 0 Å². The van der Waals surface area contributed by atoms with Crippen molar-refractivity contribution in [3.8, 4) is 0 Å². The van der Waals surface area contributed by atoms with Gasteiger partial charge < -0.3 is 10.6 Å². The summed E-state index contributed by atoms with van der Waals surface area (Å²) in [5, 5.41) is 0. The molecule has 1 aliphatic rings. The molecule has 0 bridgehead atoms. The van der Waals surface area contributed by atoms with Gasteiger partial charge in [0.2, 0.25) is 10.0 Å². The van der Waals surface area contributed by atoms with Gasteiger partial charge in [0.1, 0.15) is 0 Å². The summed E-state index contributed by atoms with van der Waals surface area (Å²) >= 11 is 0. The van der Waals surface area contributed by atoms with Gasteiger partial charge in [0, 0.05) is 27.2 Å². The molecule has 2 rings (SSSR count). The van der Waals surface area contributed by atoms with E-state index in [1.807, 2.05) is 7.05 Å². The van der Waals surface area contributed by atoms with Gasteiger partial charge in [0.05, 0.1) is 16.3 Å². The van der Waals surface area contributed by atoms with E-state index >= 15 is 0 Å². The first-order valence-electron chi connectivity index (χ1n) is 5.89. The molecule has 1 aromatic carbocycles. The van der Waals surface area contributed by atoms with E-state index in [9.17, 15) is 8.42 Å². The molecule has 1 fully saturated rings. The van der Waals surface area contributed by atoms with Gasteiger partial charge in [0.25, 0.3) is 0 Å². The lowest BCUT2D eigenvalue weighted by atomic mass is 10.2. The van der Waals surface area contributed by atoms with Crippen molar-refractivity contribution in [2.45, 2.75) is 23.8 Å². The summed E-state index contributed by atoms with van der Waals surface area (Å²) in [7, 11) is 1.60. The monoisotopic (exact) mass is 269 g/mol. The van der Waals surface area contributed by atoms with Crippen molar-refractivity contribution in [3.63, 3.8) is 0 Å².